The van der Waals surface area contributed by atoms with Gasteiger partial charge in [0, 0.05) is 58.4 Å². The number of rotatable bonds is 4. The first-order valence-corrected chi connectivity index (χ1v) is 17.9. The molecule has 242 valence electrons. The fraction of sp³-hybridized carbons (Fsp3) is 0. The lowest BCUT2D eigenvalue weighted by atomic mass is 9.99. The maximum absolute atomic E-state index is 8.82. The minimum absolute atomic E-state index is 0.00453. The predicted octanol–water partition coefficient (Wildman–Crippen LogP) is 12.6. The topological polar surface area (TPSA) is 43.6 Å². The van der Waals surface area contributed by atoms with E-state index >= 15 is 0 Å². The van der Waals surface area contributed by atoms with E-state index in [1.165, 1.54) is 15.5 Å². The van der Waals surface area contributed by atoms with Gasteiger partial charge in [0.15, 0.2) is 17.5 Å². The van der Waals surface area contributed by atoms with Crippen LogP contribution in [0.25, 0.3) is 103 Å². The molecule has 0 unspecified atom stereocenters. The van der Waals surface area contributed by atoms with Crippen LogP contribution in [0.4, 0.5) is 0 Å². The highest BCUT2D eigenvalue weighted by atomic mass is 32.1. The summed E-state index contributed by atoms with van der Waals surface area (Å²) >= 11 is 1.75. The van der Waals surface area contributed by atoms with Gasteiger partial charge < -0.3 is 4.57 Å². The van der Waals surface area contributed by atoms with Gasteiger partial charge >= 0.3 is 0 Å². The zero-order chi connectivity index (χ0) is 38.5. The van der Waals surface area contributed by atoms with E-state index in [4.69, 9.17) is 21.8 Å². The van der Waals surface area contributed by atoms with Crippen molar-refractivity contribution >= 4 is 74.9 Å². The van der Waals surface area contributed by atoms with Gasteiger partial charge in [-0.2, -0.15) is 0 Å². The van der Waals surface area contributed by atoms with Crippen LogP contribution in [0, 0.1) is 0 Å². The highest BCUT2D eigenvalue weighted by molar-refractivity contribution is 7.26. The van der Waals surface area contributed by atoms with Crippen LogP contribution in [-0.2, 0) is 0 Å². The minimum atomic E-state index is -0.474. The summed E-state index contributed by atoms with van der Waals surface area (Å²) in [6.45, 7) is 0. The maximum atomic E-state index is 8.82. The number of para-hydroxylation sites is 1. The summed E-state index contributed by atoms with van der Waals surface area (Å²) < 4.78 is 47.4. The molecule has 0 spiro atoms. The fourth-order valence-electron chi connectivity index (χ4n) is 7.66. The van der Waals surface area contributed by atoms with E-state index in [2.05, 4.69) is 102 Å². The van der Waals surface area contributed by atoms with Crippen LogP contribution in [0.15, 0.2) is 170 Å². The zero-order valence-electron chi connectivity index (χ0n) is 32.5. The first kappa shape index (κ1) is 24.5. The van der Waals surface area contributed by atoms with Crippen LogP contribution in [0.3, 0.4) is 0 Å². The molecule has 3 aromatic heterocycles. The molecule has 0 aliphatic heterocycles. The molecule has 5 heteroatoms. The zero-order valence-corrected chi connectivity index (χ0v) is 28.3. The molecule has 3 heterocycles. The molecule has 8 aromatic carbocycles. The first-order chi connectivity index (χ1) is 27.9. The molecule has 0 aliphatic carbocycles. The Morgan fingerprint density at radius 1 is 0.500 bits per heavy atom. The van der Waals surface area contributed by atoms with Crippen molar-refractivity contribution in [3.63, 3.8) is 0 Å². The Kier molecular flexibility index (Phi) is 5.37. The van der Waals surface area contributed by atoms with E-state index in [0.717, 1.165) is 59.3 Å². The van der Waals surface area contributed by atoms with Crippen LogP contribution < -0.4 is 0 Å². The number of fused-ring (bicyclic) bond motifs is 10. The molecule has 11 rings (SSSR count). The molecule has 0 atom stereocenters. The van der Waals surface area contributed by atoms with E-state index in [0.29, 0.717) is 17.2 Å². The van der Waals surface area contributed by atoms with Crippen LogP contribution >= 0.6 is 11.3 Å². The standard InChI is InChI=1S/C47H28N4S/c1-3-15-30(16-4-1)45-48-46(31-17-5-2-6-18-31)50-47(49-45)36-23-13-22-35-38(36)28-40(42-37-21-10-12-25-41(37)52-44(35)42)51-39-24-11-9-20-33(39)34-27-26-29-14-7-8-19-32(29)43(34)51/h1-28H/i1D,3D,4D,15D,16D. The molecule has 0 radical (unpaired) electrons. The minimum Gasteiger partial charge on any atom is -0.308 e. The van der Waals surface area contributed by atoms with E-state index in [9.17, 15) is 0 Å². The molecule has 52 heavy (non-hydrogen) atoms. The summed E-state index contributed by atoms with van der Waals surface area (Å²) in [5.74, 6) is 0.664. The number of aromatic nitrogens is 4. The summed E-state index contributed by atoms with van der Waals surface area (Å²) in [6, 6.07) is 45.8. The third-order valence-corrected chi connectivity index (χ3v) is 11.1. The van der Waals surface area contributed by atoms with Crippen molar-refractivity contribution < 1.29 is 6.85 Å². The third-order valence-electron chi connectivity index (χ3n) is 9.92. The Labute approximate surface area is 309 Å². The Hall–Kier alpha value is -6.69. The van der Waals surface area contributed by atoms with Crippen molar-refractivity contribution in [3.8, 4) is 39.9 Å². The maximum Gasteiger partial charge on any atom is 0.164 e. The lowest BCUT2D eigenvalue weighted by molar-refractivity contribution is 1.08. The molecule has 4 nitrogen and oxygen atoms in total. The second-order valence-corrected chi connectivity index (χ2v) is 13.9. The largest absolute Gasteiger partial charge is 0.308 e. The molecular weight excluding hydrogens is 653 g/mol. The Bertz CT molecular complexity index is 3460. The number of hydrogen-bond acceptors (Lipinski definition) is 4. The number of thiophene rings is 1. The monoisotopic (exact) mass is 685 g/mol. The van der Waals surface area contributed by atoms with Gasteiger partial charge in [-0.1, -0.05) is 152 Å². The SMILES string of the molecule is [2H]c1c([2H])c([2H])c(-c2nc(-c3ccccc3)nc(-c3cccc4c3cc(-n3c5ccccc5c5ccc6ccccc6c53)c3c5ccccc5sc43)n2)c([2H])c1[2H]. The van der Waals surface area contributed by atoms with Crippen molar-refractivity contribution in [2.45, 2.75) is 0 Å². The molecule has 0 saturated heterocycles. The highest BCUT2D eigenvalue weighted by Gasteiger charge is 2.22. The van der Waals surface area contributed by atoms with E-state index in [1.807, 2.05) is 42.5 Å². The molecular formula is C47H28N4S. The van der Waals surface area contributed by atoms with Gasteiger partial charge in [-0.3, -0.25) is 0 Å². The fourth-order valence-corrected chi connectivity index (χ4v) is 8.91. The van der Waals surface area contributed by atoms with E-state index in [1.54, 1.807) is 11.3 Å². The Morgan fingerprint density at radius 2 is 1.19 bits per heavy atom. The number of benzene rings is 8. The Balaban J connectivity index is 1.29. The molecule has 0 N–H and O–H groups in total. The average molecular weight is 686 g/mol. The second-order valence-electron chi connectivity index (χ2n) is 12.8. The summed E-state index contributed by atoms with van der Waals surface area (Å²) in [5.41, 5.74) is 4.59. The van der Waals surface area contributed by atoms with Gasteiger partial charge in [0.1, 0.15) is 0 Å². The number of nitrogens with zero attached hydrogens (tertiary/aromatic N) is 4. The van der Waals surface area contributed by atoms with E-state index < -0.39 is 18.1 Å². The van der Waals surface area contributed by atoms with Gasteiger partial charge in [0.05, 0.1) is 23.6 Å². The lowest BCUT2D eigenvalue weighted by Crippen LogP contribution is -2.01. The number of hydrogen-bond donors (Lipinski definition) is 0. The molecule has 0 saturated carbocycles. The van der Waals surface area contributed by atoms with Crippen molar-refractivity contribution in [1.29, 1.82) is 0 Å². The van der Waals surface area contributed by atoms with Crippen LogP contribution in [0.2, 0.25) is 0 Å². The lowest BCUT2D eigenvalue weighted by Gasteiger charge is -2.16. The summed E-state index contributed by atoms with van der Waals surface area (Å²) in [7, 11) is 0. The summed E-state index contributed by atoms with van der Waals surface area (Å²) in [5, 5.41) is 8.89. The van der Waals surface area contributed by atoms with Crippen molar-refractivity contribution in [3.05, 3.63) is 170 Å². The molecule has 11 aromatic rings. The summed E-state index contributed by atoms with van der Waals surface area (Å²) in [4.78, 5) is 14.7. The Morgan fingerprint density at radius 3 is 2.06 bits per heavy atom. The van der Waals surface area contributed by atoms with Gasteiger partial charge in [-0.15, -0.1) is 11.3 Å². The molecule has 0 amide bonds. The van der Waals surface area contributed by atoms with Crippen molar-refractivity contribution in [2.75, 3.05) is 0 Å². The first-order valence-electron chi connectivity index (χ1n) is 19.5. The summed E-state index contributed by atoms with van der Waals surface area (Å²) in [6.07, 6.45) is 0. The highest BCUT2D eigenvalue weighted by Crippen LogP contribution is 2.47. The van der Waals surface area contributed by atoms with Crippen molar-refractivity contribution in [2.24, 2.45) is 0 Å². The normalized spacial score (nSPS) is 13.2. The van der Waals surface area contributed by atoms with Gasteiger partial charge in [0.25, 0.3) is 0 Å². The predicted molar refractivity (Wildman–Crippen MR) is 218 cm³/mol. The van der Waals surface area contributed by atoms with Crippen molar-refractivity contribution in [1.82, 2.24) is 19.5 Å². The van der Waals surface area contributed by atoms with Gasteiger partial charge in [-0.25, -0.2) is 15.0 Å². The van der Waals surface area contributed by atoms with E-state index in [-0.39, 0.29) is 23.5 Å². The quantitative estimate of drug-likeness (QED) is 0.185. The van der Waals surface area contributed by atoms with Gasteiger partial charge in [-0.05, 0) is 29.0 Å². The van der Waals surface area contributed by atoms with Gasteiger partial charge in [0.2, 0.25) is 0 Å². The van der Waals surface area contributed by atoms with Crippen LogP contribution in [0.1, 0.15) is 6.85 Å². The van der Waals surface area contributed by atoms with Crippen LogP contribution in [0.5, 0.6) is 0 Å². The van der Waals surface area contributed by atoms with Crippen LogP contribution in [-0.4, -0.2) is 19.5 Å². The average Bonchev–Trinajstić information content (AvgIpc) is 3.82. The molecule has 0 fully saturated rings. The second kappa shape index (κ2) is 11.4. The molecule has 0 aliphatic rings. The molecule has 0 bridgehead atoms. The smallest absolute Gasteiger partial charge is 0.164 e. The third kappa shape index (κ3) is 4.36.